The van der Waals surface area contributed by atoms with E-state index in [1.165, 1.54) is 38.5 Å². The molecule has 0 heterocycles. The molecule has 0 aliphatic heterocycles. The first-order valence-corrected chi connectivity index (χ1v) is 8.57. The van der Waals surface area contributed by atoms with Crippen molar-refractivity contribution in [2.75, 3.05) is 19.5 Å². The number of nitrogens with one attached hydrogen (secondary N) is 1. The number of carbonyl (C=O) groups excluding carboxylic acids is 1. The number of nitro benzene ring substituents is 1. The number of anilines is 1. The monoisotopic (exact) mass is 479 g/mol. The van der Waals surface area contributed by atoms with E-state index in [0.717, 1.165) is 3.57 Å². The number of nitrogens with zero attached hydrogens (tertiary/aromatic N) is 2. The van der Waals surface area contributed by atoms with Gasteiger partial charge in [0.1, 0.15) is 17.3 Å². The van der Waals surface area contributed by atoms with Gasteiger partial charge >= 0.3 is 0 Å². The molecule has 0 atom stereocenters. The van der Waals surface area contributed by atoms with Crippen LogP contribution < -0.4 is 14.8 Å². The molecule has 0 radical (unpaired) electrons. The molecule has 0 unspecified atom stereocenters. The summed E-state index contributed by atoms with van der Waals surface area (Å²) < 4.78 is 11.2. The number of ether oxygens (including phenoxy) is 2. The molecule has 0 saturated carbocycles. The largest absolute Gasteiger partial charge is 0.493 e. The summed E-state index contributed by atoms with van der Waals surface area (Å²) >= 11 is 2.05. The summed E-state index contributed by atoms with van der Waals surface area (Å²) in [7, 11) is 2.99. The Hall–Kier alpha value is -3.13. The van der Waals surface area contributed by atoms with Gasteiger partial charge in [-0.3, -0.25) is 14.9 Å². The van der Waals surface area contributed by atoms with E-state index in [1.54, 1.807) is 18.2 Å². The Morgan fingerprint density at radius 1 is 1.30 bits per heavy atom. The average molecular weight is 479 g/mol. The van der Waals surface area contributed by atoms with Gasteiger partial charge in [0.05, 0.1) is 22.7 Å². The van der Waals surface area contributed by atoms with Crippen LogP contribution in [0.15, 0.2) is 42.0 Å². The Balaban J connectivity index is 2.37. The second-order valence-electron chi connectivity index (χ2n) is 5.14. The lowest BCUT2D eigenvalue weighted by molar-refractivity contribution is -0.383. The molecule has 0 fully saturated rings. The molecule has 2 aromatic carbocycles. The van der Waals surface area contributed by atoms with Crippen molar-refractivity contribution in [3.05, 3.63) is 61.2 Å². The number of carbonyl (C=O) groups is 1. The van der Waals surface area contributed by atoms with Gasteiger partial charge in [0.2, 0.25) is 0 Å². The van der Waals surface area contributed by atoms with Crippen LogP contribution in [-0.4, -0.2) is 25.1 Å². The molecule has 2 aromatic rings. The molecule has 138 valence electrons. The number of halogens is 1. The lowest BCUT2D eigenvalue weighted by atomic mass is 10.1. The number of methoxy groups -OCH3 is 2. The van der Waals surface area contributed by atoms with Crippen LogP contribution in [0.3, 0.4) is 0 Å². The van der Waals surface area contributed by atoms with E-state index in [2.05, 4.69) is 5.32 Å². The van der Waals surface area contributed by atoms with Gasteiger partial charge in [-0.25, -0.2) is 0 Å². The van der Waals surface area contributed by atoms with Crippen molar-refractivity contribution >= 4 is 45.9 Å². The van der Waals surface area contributed by atoms with Gasteiger partial charge in [-0.1, -0.05) is 12.1 Å². The van der Waals surface area contributed by atoms with Crippen LogP contribution in [0.25, 0.3) is 6.08 Å². The predicted molar refractivity (Wildman–Crippen MR) is 108 cm³/mol. The molecule has 8 nitrogen and oxygen atoms in total. The zero-order valence-electron chi connectivity index (χ0n) is 14.4. The van der Waals surface area contributed by atoms with E-state index in [1.807, 2.05) is 28.7 Å². The van der Waals surface area contributed by atoms with Crippen LogP contribution in [0.5, 0.6) is 11.5 Å². The van der Waals surface area contributed by atoms with Gasteiger partial charge in [-0.05, 0) is 52.4 Å². The van der Waals surface area contributed by atoms with Gasteiger partial charge in [-0.15, -0.1) is 0 Å². The second-order valence-corrected chi connectivity index (χ2v) is 6.30. The van der Waals surface area contributed by atoms with E-state index < -0.39 is 10.8 Å². The quantitative estimate of drug-likeness (QED) is 0.222. The maximum Gasteiger partial charge on any atom is 0.292 e. The zero-order chi connectivity index (χ0) is 20.0. The molecule has 27 heavy (non-hydrogen) atoms. The maximum atomic E-state index is 12.4. The van der Waals surface area contributed by atoms with Crippen LogP contribution in [0.4, 0.5) is 11.4 Å². The van der Waals surface area contributed by atoms with Crippen molar-refractivity contribution < 1.29 is 19.2 Å². The zero-order valence-corrected chi connectivity index (χ0v) is 16.5. The van der Waals surface area contributed by atoms with Crippen molar-refractivity contribution in [1.82, 2.24) is 0 Å². The molecule has 0 bridgehead atoms. The van der Waals surface area contributed by atoms with Crippen LogP contribution in [0.2, 0.25) is 0 Å². The molecule has 0 spiro atoms. The van der Waals surface area contributed by atoms with E-state index in [9.17, 15) is 20.2 Å². The fourth-order valence-electron chi connectivity index (χ4n) is 2.26. The summed E-state index contributed by atoms with van der Waals surface area (Å²) in [6.07, 6.45) is 1.37. The average Bonchev–Trinajstić information content (AvgIpc) is 2.65. The topological polar surface area (TPSA) is 114 Å². The molecular weight excluding hydrogens is 465 g/mol. The number of hydrogen-bond acceptors (Lipinski definition) is 6. The van der Waals surface area contributed by atoms with Gasteiger partial charge in [0.25, 0.3) is 11.6 Å². The van der Waals surface area contributed by atoms with Crippen molar-refractivity contribution in [3.8, 4) is 17.6 Å². The van der Waals surface area contributed by atoms with Crippen LogP contribution in [0, 0.1) is 25.0 Å². The molecular formula is C18H14IN3O5. The van der Waals surface area contributed by atoms with E-state index in [-0.39, 0.29) is 16.9 Å². The van der Waals surface area contributed by atoms with Crippen molar-refractivity contribution in [2.45, 2.75) is 0 Å². The Bertz CT molecular complexity index is 966. The van der Waals surface area contributed by atoms with Crippen LogP contribution >= 0.6 is 22.6 Å². The molecule has 0 aliphatic carbocycles. The minimum atomic E-state index is -0.753. The molecule has 1 N–H and O–H groups in total. The van der Waals surface area contributed by atoms with E-state index in [0.29, 0.717) is 17.1 Å². The van der Waals surface area contributed by atoms with Crippen molar-refractivity contribution in [1.29, 1.82) is 5.26 Å². The Kier molecular flexibility index (Phi) is 6.73. The molecule has 1 amide bonds. The number of rotatable bonds is 6. The first-order chi connectivity index (χ1) is 12.9. The highest BCUT2D eigenvalue weighted by Crippen LogP contribution is 2.34. The number of hydrogen-bond donors (Lipinski definition) is 1. The van der Waals surface area contributed by atoms with Crippen LogP contribution in [-0.2, 0) is 4.79 Å². The minimum Gasteiger partial charge on any atom is -0.493 e. The molecule has 9 heteroatoms. The smallest absolute Gasteiger partial charge is 0.292 e. The third kappa shape index (κ3) is 4.73. The summed E-state index contributed by atoms with van der Waals surface area (Å²) in [6.45, 7) is 0. The Morgan fingerprint density at radius 2 is 2.00 bits per heavy atom. The normalized spacial score (nSPS) is 10.7. The summed E-state index contributed by atoms with van der Waals surface area (Å²) in [4.78, 5) is 22.8. The summed E-state index contributed by atoms with van der Waals surface area (Å²) in [5, 5.41) is 22.8. The highest BCUT2D eigenvalue weighted by molar-refractivity contribution is 14.1. The number of benzene rings is 2. The SMILES string of the molecule is COc1cc(/C=C(\C#N)C(=O)Nc2ccccc2[N+](=O)[O-])cc(I)c1OC. The number of amides is 1. The maximum absolute atomic E-state index is 12.4. The van der Waals surface area contributed by atoms with Crippen molar-refractivity contribution in [3.63, 3.8) is 0 Å². The first kappa shape index (κ1) is 20.2. The van der Waals surface area contributed by atoms with Gasteiger partial charge in [0.15, 0.2) is 11.5 Å². The lowest BCUT2D eigenvalue weighted by Crippen LogP contribution is -2.14. The summed E-state index contributed by atoms with van der Waals surface area (Å²) in [5.41, 5.74) is 0.0850. The molecule has 0 aliphatic rings. The molecule has 0 aromatic heterocycles. The summed E-state index contributed by atoms with van der Waals surface area (Å²) in [5.74, 6) is 0.238. The third-order valence-electron chi connectivity index (χ3n) is 3.48. The van der Waals surface area contributed by atoms with Gasteiger partial charge in [0, 0.05) is 6.07 Å². The van der Waals surface area contributed by atoms with Crippen LogP contribution in [0.1, 0.15) is 5.56 Å². The second kappa shape index (κ2) is 9.00. The molecule has 2 rings (SSSR count). The van der Waals surface area contributed by atoms with E-state index >= 15 is 0 Å². The highest BCUT2D eigenvalue weighted by Gasteiger charge is 2.18. The first-order valence-electron chi connectivity index (χ1n) is 7.49. The van der Waals surface area contributed by atoms with Gasteiger partial charge < -0.3 is 14.8 Å². The Morgan fingerprint density at radius 3 is 2.59 bits per heavy atom. The number of nitriles is 1. The Labute approximate surface area is 168 Å². The fourth-order valence-corrected chi connectivity index (χ4v) is 3.11. The molecule has 0 saturated heterocycles. The fraction of sp³-hybridized carbons (Fsp3) is 0.111. The highest BCUT2D eigenvalue weighted by atomic mass is 127. The standard InChI is InChI=1S/C18H14IN3O5/c1-26-16-9-11(8-13(19)17(16)27-2)7-12(10-20)18(23)21-14-5-3-4-6-15(14)22(24)25/h3-9H,1-2H3,(H,21,23)/b12-7+. The van der Waals surface area contributed by atoms with Crippen molar-refractivity contribution in [2.24, 2.45) is 0 Å². The van der Waals surface area contributed by atoms with Gasteiger partial charge in [-0.2, -0.15) is 5.26 Å². The predicted octanol–water partition coefficient (Wildman–Crippen LogP) is 3.76. The minimum absolute atomic E-state index is 0.00976. The summed E-state index contributed by atoms with van der Waals surface area (Å²) in [6, 6.07) is 10.8. The van der Waals surface area contributed by atoms with E-state index in [4.69, 9.17) is 9.47 Å². The lowest BCUT2D eigenvalue weighted by Gasteiger charge is -2.11. The third-order valence-corrected chi connectivity index (χ3v) is 4.28. The number of nitro groups is 1. The number of para-hydroxylation sites is 2.